The molecule has 1 amide bonds. The van der Waals surface area contributed by atoms with E-state index < -0.39 is 0 Å². The predicted octanol–water partition coefficient (Wildman–Crippen LogP) is 3.81. The molecule has 1 saturated carbocycles. The van der Waals surface area contributed by atoms with Gasteiger partial charge in [0.25, 0.3) is 0 Å². The number of hydrogen-bond donors (Lipinski definition) is 1. The normalized spacial score (nSPS) is 21.4. The zero-order chi connectivity index (χ0) is 23.2. The molecular weight excluding hydrogens is 470 g/mol. The van der Waals surface area contributed by atoms with Gasteiger partial charge in [-0.15, -0.1) is 10.2 Å². The molecule has 34 heavy (non-hydrogen) atoms. The number of nitrogens with zero attached hydrogens (tertiary/aromatic N) is 6. The molecule has 0 radical (unpaired) electrons. The average molecular weight is 496 g/mol. The van der Waals surface area contributed by atoms with Crippen LogP contribution in [0, 0.1) is 0 Å². The maximum Gasteiger partial charge on any atom is 0.240 e. The van der Waals surface area contributed by atoms with Crippen LogP contribution < -0.4 is 5.32 Å². The van der Waals surface area contributed by atoms with Crippen molar-refractivity contribution in [1.82, 2.24) is 29.7 Å². The number of amides is 1. The Balaban J connectivity index is 1.15. The first-order chi connectivity index (χ1) is 16.5. The monoisotopic (exact) mass is 495 g/mol. The molecule has 1 saturated heterocycles. The summed E-state index contributed by atoms with van der Waals surface area (Å²) in [6.45, 7) is 5.92. The largest absolute Gasteiger partial charge is 0.373 e. The van der Waals surface area contributed by atoms with Gasteiger partial charge in [0.2, 0.25) is 11.1 Å². The van der Waals surface area contributed by atoms with E-state index >= 15 is 0 Å². The Hall–Kier alpha value is -2.60. The van der Waals surface area contributed by atoms with Gasteiger partial charge in [0, 0.05) is 23.9 Å². The minimum atomic E-state index is -0.0533. The molecule has 1 aromatic carbocycles. The maximum atomic E-state index is 12.6. The van der Waals surface area contributed by atoms with Gasteiger partial charge >= 0.3 is 0 Å². The van der Waals surface area contributed by atoms with Crippen molar-refractivity contribution in [3.63, 3.8) is 0 Å². The number of rotatable bonds is 6. The van der Waals surface area contributed by atoms with Crippen LogP contribution in [-0.4, -0.2) is 67.4 Å². The molecule has 9 nitrogen and oxygen atoms in total. The van der Waals surface area contributed by atoms with Crippen molar-refractivity contribution in [2.75, 3.05) is 25.0 Å². The highest BCUT2D eigenvalue weighted by molar-refractivity contribution is 7.99. The Morgan fingerprint density at radius 1 is 1.18 bits per heavy atom. The van der Waals surface area contributed by atoms with Gasteiger partial charge in [0.15, 0.2) is 10.8 Å². The van der Waals surface area contributed by atoms with Crippen LogP contribution in [-0.2, 0) is 9.53 Å². The lowest BCUT2D eigenvalue weighted by Crippen LogP contribution is -2.48. The quantitative estimate of drug-likeness (QED) is 0.431. The summed E-state index contributed by atoms with van der Waals surface area (Å²) in [4.78, 5) is 20.3. The molecule has 4 heterocycles. The molecule has 0 spiro atoms. The first kappa shape index (κ1) is 21.9. The second kappa shape index (κ2) is 8.88. The van der Waals surface area contributed by atoms with Gasteiger partial charge in [0.1, 0.15) is 0 Å². The molecule has 1 aliphatic heterocycles. The fourth-order valence-corrected chi connectivity index (χ4v) is 6.17. The summed E-state index contributed by atoms with van der Waals surface area (Å²) in [6, 6.07) is 10.1. The van der Waals surface area contributed by atoms with Crippen LogP contribution in [0.2, 0.25) is 0 Å². The van der Waals surface area contributed by atoms with Crippen LogP contribution in [0.15, 0.2) is 40.4 Å². The number of hydrogen-bond acceptors (Lipinski definition) is 9. The van der Waals surface area contributed by atoms with E-state index in [0.717, 1.165) is 44.7 Å². The highest BCUT2D eigenvalue weighted by Crippen LogP contribution is 2.39. The van der Waals surface area contributed by atoms with Gasteiger partial charge in [0.05, 0.1) is 34.7 Å². The lowest BCUT2D eigenvalue weighted by atomic mass is 10.2. The van der Waals surface area contributed by atoms with Gasteiger partial charge in [-0.05, 0) is 68.8 Å². The third kappa shape index (κ3) is 4.65. The van der Waals surface area contributed by atoms with Gasteiger partial charge in [-0.3, -0.25) is 9.69 Å². The van der Waals surface area contributed by atoms with E-state index in [2.05, 4.69) is 37.5 Å². The molecule has 4 aromatic rings. The van der Waals surface area contributed by atoms with Crippen LogP contribution in [0.1, 0.15) is 38.3 Å². The number of anilines is 1. The number of nitrogens with one attached hydrogen (secondary N) is 1. The minimum Gasteiger partial charge on any atom is -0.373 e. The number of aromatic nitrogens is 5. The average Bonchev–Trinajstić information content (AvgIpc) is 3.45. The predicted molar refractivity (Wildman–Crippen MR) is 132 cm³/mol. The maximum absolute atomic E-state index is 12.6. The van der Waals surface area contributed by atoms with E-state index in [4.69, 9.17) is 9.84 Å². The fraction of sp³-hybridized carbons (Fsp3) is 0.435. The Labute approximate surface area is 204 Å². The first-order valence-corrected chi connectivity index (χ1v) is 13.1. The summed E-state index contributed by atoms with van der Waals surface area (Å²) in [5, 5.41) is 17.7. The molecule has 11 heteroatoms. The molecule has 3 aromatic heterocycles. The smallest absolute Gasteiger partial charge is 0.240 e. The lowest BCUT2D eigenvalue weighted by Gasteiger charge is -2.34. The van der Waals surface area contributed by atoms with E-state index in [1.54, 1.807) is 0 Å². The Kier molecular flexibility index (Phi) is 5.72. The SMILES string of the molecule is CC1CN(CC(=O)Nc2nc3ccc(Sc4nnc5ccc(C6CC6)nn45)cc3s2)C[C@H](C)O1. The Morgan fingerprint density at radius 3 is 2.79 bits per heavy atom. The Bertz CT molecular complexity index is 1360. The number of ether oxygens (including phenoxy) is 1. The van der Waals surface area contributed by atoms with Gasteiger partial charge in [-0.2, -0.15) is 9.61 Å². The Morgan fingerprint density at radius 2 is 2.00 bits per heavy atom. The third-order valence-corrected chi connectivity index (χ3v) is 7.79. The van der Waals surface area contributed by atoms with E-state index in [-0.39, 0.29) is 18.1 Å². The van der Waals surface area contributed by atoms with E-state index in [1.165, 1.54) is 35.9 Å². The van der Waals surface area contributed by atoms with Crippen LogP contribution in [0.3, 0.4) is 0 Å². The second-order valence-electron chi connectivity index (χ2n) is 9.04. The molecule has 1 unspecified atom stereocenters. The van der Waals surface area contributed by atoms with Gasteiger partial charge in [-0.1, -0.05) is 11.3 Å². The molecule has 2 atom stereocenters. The molecule has 1 aliphatic carbocycles. The molecule has 0 bridgehead atoms. The zero-order valence-corrected chi connectivity index (χ0v) is 20.6. The van der Waals surface area contributed by atoms with Crippen molar-refractivity contribution in [3.05, 3.63) is 36.0 Å². The zero-order valence-electron chi connectivity index (χ0n) is 19.0. The van der Waals surface area contributed by atoms with Crippen LogP contribution in [0.5, 0.6) is 0 Å². The highest BCUT2D eigenvalue weighted by Gasteiger charge is 2.26. The minimum absolute atomic E-state index is 0.0533. The molecular formula is C23H25N7O2S2. The molecule has 2 fully saturated rings. The molecule has 176 valence electrons. The number of carbonyl (C=O) groups is 1. The summed E-state index contributed by atoms with van der Waals surface area (Å²) < 4.78 is 8.58. The van der Waals surface area contributed by atoms with Crippen LogP contribution in [0.4, 0.5) is 5.13 Å². The third-order valence-electron chi connectivity index (χ3n) is 5.93. The van der Waals surface area contributed by atoms with Crippen molar-refractivity contribution in [3.8, 4) is 0 Å². The van der Waals surface area contributed by atoms with Crippen LogP contribution >= 0.6 is 23.1 Å². The van der Waals surface area contributed by atoms with Gasteiger partial charge < -0.3 is 10.1 Å². The summed E-state index contributed by atoms with van der Waals surface area (Å²) in [6.07, 6.45) is 2.67. The fourth-order valence-electron chi connectivity index (χ4n) is 4.35. The summed E-state index contributed by atoms with van der Waals surface area (Å²) in [7, 11) is 0. The number of thiazole rings is 1. The van der Waals surface area contributed by atoms with Crippen molar-refractivity contribution >= 4 is 50.0 Å². The van der Waals surface area contributed by atoms with E-state index in [9.17, 15) is 4.79 Å². The highest BCUT2D eigenvalue weighted by atomic mass is 32.2. The number of benzene rings is 1. The van der Waals surface area contributed by atoms with Crippen molar-refractivity contribution in [2.24, 2.45) is 0 Å². The second-order valence-corrected chi connectivity index (χ2v) is 11.1. The van der Waals surface area contributed by atoms with Crippen LogP contribution in [0.25, 0.3) is 15.9 Å². The molecule has 1 N–H and O–H groups in total. The van der Waals surface area contributed by atoms with Crippen molar-refractivity contribution in [2.45, 2.75) is 54.9 Å². The summed E-state index contributed by atoms with van der Waals surface area (Å²) >= 11 is 3.00. The van der Waals surface area contributed by atoms with E-state index in [1.807, 2.05) is 36.6 Å². The summed E-state index contributed by atoms with van der Waals surface area (Å²) in [5.74, 6) is 0.518. The van der Waals surface area contributed by atoms with Gasteiger partial charge in [-0.25, -0.2) is 4.98 Å². The van der Waals surface area contributed by atoms with Crippen molar-refractivity contribution in [1.29, 1.82) is 0 Å². The topological polar surface area (TPSA) is 97.5 Å². The molecule has 2 aliphatic rings. The number of fused-ring (bicyclic) bond motifs is 2. The lowest BCUT2D eigenvalue weighted by molar-refractivity contribution is -0.121. The first-order valence-electron chi connectivity index (χ1n) is 11.5. The number of carbonyl (C=O) groups excluding carboxylic acids is 1. The van der Waals surface area contributed by atoms with E-state index in [0.29, 0.717) is 17.6 Å². The number of morpholine rings is 1. The van der Waals surface area contributed by atoms with Crippen molar-refractivity contribution < 1.29 is 9.53 Å². The molecule has 6 rings (SSSR count). The standard InChI is InChI=1S/C23H25N7O2S2/c1-13-10-29(11-14(2)32-13)12-21(31)25-22-24-18-6-5-16(9-19(18)34-22)33-23-27-26-20-8-7-17(15-3-4-15)28-30(20)23/h5-9,13-15H,3-4,10-12H2,1-2H3,(H,24,25,31)/t13-,14?/m0/s1. The summed E-state index contributed by atoms with van der Waals surface area (Å²) in [5.41, 5.74) is 2.71.